The topological polar surface area (TPSA) is 33.7 Å². The summed E-state index contributed by atoms with van der Waals surface area (Å²) in [4.78, 5) is 2.56. The molecule has 0 radical (unpaired) electrons. The molecule has 2 aliphatic heterocycles. The highest BCUT2D eigenvalue weighted by Crippen LogP contribution is 2.30. The van der Waals surface area contributed by atoms with Crippen molar-refractivity contribution in [3.63, 3.8) is 0 Å². The molecule has 1 fully saturated rings. The van der Waals surface area contributed by atoms with Crippen LogP contribution in [-0.4, -0.2) is 50.3 Å². The summed E-state index contributed by atoms with van der Waals surface area (Å²) in [5.74, 6) is 1.79. The van der Waals surface area contributed by atoms with Gasteiger partial charge in [0.2, 0.25) is 0 Å². The van der Waals surface area contributed by atoms with Gasteiger partial charge >= 0.3 is 0 Å². The maximum absolute atomic E-state index is 5.64. The molecule has 2 heterocycles. The molecule has 0 amide bonds. The second-order valence-electron chi connectivity index (χ2n) is 5.59. The van der Waals surface area contributed by atoms with Crippen molar-refractivity contribution in [2.24, 2.45) is 0 Å². The lowest BCUT2D eigenvalue weighted by Gasteiger charge is -2.33. The van der Waals surface area contributed by atoms with Gasteiger partial charge in [0, 0.05) is 32.2 Å². The van der Waals surface area contributed by atoms with Crippen LogP contribution in [0.15, 0.2) is 18.2 Å². The molecule has 20 heavy (non-hydrogen) atoms. The first-order valence-corrected chi connectivity index (χ1v) is 7.69. The summed E-state index contributed by atoms with van der Waals surface area (Å²) in [7, 11) is 0. The first-order valence-electron chi connectivity index (χ1n) is 7.69. The molecule has 0 aromatic heterocycles. The molecule has 1 aromatic carbocycles. The van der Waals surface area contributed by atoms with E-state index >= 15 is 0 Å². The number of fused-ring (bicyclic) bond motifs is 1. The van der Waals surface area contributed by atoms with Crippen LogP contribution in [0.25, 0.3) is 0 Å². The summed E-state index contributed by atoms with van der Waals surface area (Å²) in [6.45, 7) is 8.12. The minimum Gasteiger partial charge on any atom is -0.486 e. The van der Waals surface area contributed by atoms with E-state index in [2.05, 4.69) is 29.3 Å². The summed E-state index contributed by atoms with van der Waals surface area (Å²) in [6.07, 6.45) is 2.29. The molecule has 2 aliphatic rings. The number of hydrogen-bond acceptors (Lipinski definition) is 4. The van der Waals surface area contributed by atoms with E-state index in [1.165, 1.54) is 18.5 Å². The minimum absolute atomic E-state index is 0.656. The predicted molar refractivity (Wildman–Crippen MR) is 79.7 cm³/mol. The van der Waals surface area contributed by atoms with Gasteiger partial charge in [0.15, 0.2) is 11.5 Å². The van der Waals surface area contributed by atoms with E-state index in [9.17, 15) is 0 Å². The van der Waals surface area contributed by atoms with Crippen LogP contribution >= 0.6 is 0 Å². The standard InChI is InChI=1S/C16H24N2O2/c1-2-14-12-18(8-6-17-14)7-5-13-3-4-15-16(11-13)20-10-9-19-15/h3-4,11,14,17H,2,5-10,12H2,1H3. The molecule has 4 heteroatoms. The van der Waals surface area contributed by atoms with E-state index in [1.807, 2.05) is 6.07 Å². The summed E-state index contributed by atoms with van der Waals surface area (Å²) >= 11 is 0. The van der Waals surface area contributed by atoms with Gasteiger partial charge in [-0.05, 0) is 30.5 Å². The lowest BCUT2D eigenvalue weighted by molar-refractivity contribution is 0.171. The van der Waals surface area contributed by atoms with E-state index < -0.39 is 0 Å². The monoisotopic (exact) mass is 276 g/mol. The number of ether oxygens (including phenoxy) is 2. The van der Waals surface area contributed by atoms with Gasteiger partial charge in [0.25, 0.3) is 0 Å². The van der Waals surface area contributed by atoms with E-state index in [0.29, 0.717) is 19.3 Å². The average molecular weight is 276 g/mol. The lowest BCUT2D eigenvalue weighted by atomic mass is 10.1. The fraction of sp³-hybridized carbons (Fsp3) is 0.625. The Bertz CT molecular complexity index is 450. The molecule has 0 spiro atoms. The number of rotatable bonds is 4. The molecule has 4 nitrogen and oxygen atoms in total. The maximum Gasteiger partial charge on any atom is 0.161 e. The van der Waals surface area contributed by atoms with Crippen molar-refractivity contribution in [1.29, 1.82) is 0 Å². The number of hydrogen-bond donors (Lipinski definition) is 1. The molecule has 1 N–H and O–H groups in total. The van der Waals surface area contributed by atoms with Crippen molar-refractivity contribution in [3.8, 4) is 11.5 Å². The van der Waals surface area contributed by atoms with Crippen LogP contribution in [0.1, 0.15) is 18.9 Å². The Morgan fingerprint density at radius 3 is 2.95 bits per heavy atom. The van der Waals surface area contributed by atoms with Gasteiger partial charge in [-0.15, -0.1) is 0 Å². The fourth-order valence-electron chi connectivity index (χ4n) is 2.90. The van der Waals surface area contributed by atoms with Crippen molar-refractivity contribution < 1.29 is 9.47 Å². The highest BCUT2D eigenvalue weighted by Gasteiger charge is 2.17. The van der Waals surface area contributed by atoms with E-state index in [4.69, 9.17) is 9.47 Å². The Balaban J connectivity index is 1.55. The van der Waals surface area contributed by atoms with Crippen molar-refractivity contribution >= 4 is 0 Å². The maximum atomic E-state index is 5.64. The molecule has 1 aromatic rings. The molecule has 110 valence electrons. The van der Waals surface area contributed by atoms with Gasteiger partial charge in [0.1, 0.15) is 13.2 Å². The Kier molecular flexibility index (Phi) is 4.43. The smallest absolute Gasteiger partial charge is 0.161 e. The van der Waals surface area contributed by atoms with Crippen LogP contribution in [0, 0.1) is 0 Å². The Labute approximate surface area is 121 Å². The van der Waals surface area contributed by atoms with E-state index in [1.54, 1.807) is 0 Å². The molecule has 0 saturated carbocycles. The molecular weight excluding hydrogens is 252 g/mol. The van der Waals surface area contributed by atoms with Crippen molar-refractivity contribution in [1.82, 2.24) is 10.2 Å². The zero-order valence-corrected chi connectivity index (χ0v) is 12.2. The third kappa shape index (κ3) is 3.25. The predicted octanol–water partition coefficient (Wildman–Crippen LogP) is 1.68. The Morgan fingerprint density at radius 1 is 1.25 bits per heavy atom. The zero-order chi connectivity index (χ0) is 13.8. The molecule has 1 unspecified atom stereocenters. The molecule has 0 bridgehead atoms. The van der Waals surface area contributed by atoms with Gasteiger partial charge in [0.05, 0.1) is 0 Å². The third-order valence-electron chi connectivity index (χ3n) is 4.16. The summed E-state index contributed by atoms with van der Waals surface area (Å²) in [5, 5.41) is 3.56. The Hall–Kier alpha value is -1.26. The Morgan fingerprint density at radius 2 is 2.10 bits per heavy atom. The van der Waals surface area contributed by atoms with Crippen LogP contribution in [0.3, 0.4) is 0 Å². The number of nitrogens with zero attached hydrogens (tertiary/aromatic N) is 1. The van der Waals surface area contributed by atoms with Crippen LogP contribution in [0.4, 0.5) is 0 Å². The highest BCUT2D eigenvalue weighted by atomic mass is 16.6. The number of nitrogens with one attached hydrogen (secondary N) is 1. The second kappa shape index (κ2) is 6.46. The minimum atomic E-state index is 0.656. The van der Waals surface area contributed by atoms with Crippen LogP contribution in [-0.2, 0) is 6.42 Å². The van der Waals surface area contributed by atoms with Crippen molar-refractivity contribution in [2.45, 2.75) is 25.8 Å². The zero-order valence-electron chi connectivity index (χ0n) is 12.2. The van der Waals surface area contributed by atoms with Gasteiger partial charge in [-0.2, -0.15) is 0 Å². The summed E-state index contributed by atoms with van der Waals surface area (Å²) in [5.41, 5.74) is 1.33. The van der Waals surface area contributed by atoms with Gasteiger partial charge < -0.3 is 19.7 Å². The quantitative estimate of drug-likeness (QED) is 0.907. The molecule has 1 atom stereocenters. The van der Waals surface area contributed by atoms with Gasteiger partial charge in [-0.25, -0.2) is 0 Å². The molecule has 0 aliphatic carbocycles. The molecule has 1 saturated heterocycles. The normalized spacial score (nSPS) is 22.8. The first-order chi connectivity index (χ1) is 9.85. The van der Waals surface area contributed by atoms with Gasteiger partial charge in [-0.1, -0.05) is 13.0 Å². The summed E-state index contributed by atoms with van der Waals surface area (Å²) in [6, 6.07) is 6.99. The number of piperazine rings is 1. The van der Waals surface area contributed by atoms with Crippen LogP contribution in [0.5, 0.6) is 11.5 Å². The van der Waals surface area contributed by atoms with Crippen molar-refractivity contribution in [2.75, 3.05) is 39.4 Å². The van der Waals surface area contributed by atoms with E-state index in [0.717, 1.165) is 37.6 Å². The van der Waals surface area contributed by atoms with Crippen molar-refractivity contribution in [3.05, 3.63) is 23.8 Å². The molecular formula is C16H24N2O2. The number of benzene rings is 1. The fourth-order valence-corrected chi connectivity index (χ4v) is 2.90. The SMILES string of the molecule is CCC1CN(CCc2ccc3c(c2)OCCO3)CCN1. The lowest BCUT2D eigenvalue weighted by Crippen LogP contribution is -2.50. The molecule has 3 rings (SSSR count). The first kappa shape index (κ1) is 13.7. The summed E-state index contributed by atoms with van der Waals surface area (Å²) < 4.78 is 11.2. The second-order valence-corrected chi connectivity index (χ2v) is 5.59. The highest BCUT2D eigenvalue weighted by molar-refractivity contribution is 5.43. The van der Waals surface area contributed by atoms with E-state index in [-0.39, 0.29) is 0 Å². The van der Waals surface area contributed by atoms with Crippen LogP contribution < -0.4 is 14.8 Å². The largest absolute Gasteiger partial charge is 0.486 e. The average Bonchev–Trinajstić information content (AvgIpc) is 2.53. The van der Waals surface area contributed by atoms with Gasteiger partial charge in [-0.3, -0.25) is 0 Å². The third-order valence-corrected chi connectivity index (χ3v) is 4.16. The van der Waals surface area contributed by atoms with Crippen LogP contribution in [0.2, 0.25) is 0 Å².